The summed E-state index contributed by atoms with van der Waals surface area (Å²) in [5.74, 6) is 0.145. The van der Waals surface area contributed by atoms with Gasteiger partial charge in [-0.15, -0.1) is 0 Å². The fraction of sp³-hybridized carbons (Fsp3) is 0.500. The lowest BCUT2D eigenvalue weighted by atomic mass is 10.3. The van der Waals surface area contributed by atoms with Crippen LogP contribution in [0.4, 0.5) is 5.82 Å². The Morgan fingerprint density at radius 1 is 1.71 bits per heavy atom. The van der Waals surface area contributed by atoms with Crippen LogP contribution in [0, 0.1) is 0 Å². The molecule has 2 rings (SSSR count). The average Bonchev–Trinajstić information content (AvgIpc) is 2.25. The second-order valence-corrected chi connectivity index (χ2v) is 5.43. The Labute approximate surface area is 96.5 Å². The van der Waals surface area contributed by atoms with E-state index in [0.717, 1.165) is 0 Å². The minimum atomic E-state index is -3.59. The third-order valence-corrected chi connectivity index (χ3v) is 3.26. The second kappa shape index (κ2) is 4.58. The molecule has 0 saturated carbocycles. The van der Waals surface area contributed by atoms with Crippen LogP contribution in [-0.2, 0) is 20.4 Å². The van der Waals surface area contributed by atoms with E-state index < -0.39 is 19.4 Å². The van der Waals surface area contributed by atoms with Gasteiger partial charge in [0.15, 0.2) is 0 Å². The first-order chi connectivity index (χ1) is 7.96. The van der Waals surface area contributed by atoms with Crippen molar-refractivity contribution in [3.05, 3.63) is 22.7 Å². The predicted octanol–water partition coefficient (Wildman–Crippen LogP) is -0.616. The molecule has 0 aliphatic carbocycles. The van der Waals surface area contributed by atoms with Gasteiger partial charge in [-0.25, -0.2) is 4.79 Å². The number of hydrogen-bond donors (Lipinski definition) is 2. The van der Waals surface area contributed by atoms with E-state index in [1.165, 1.54) is 16.8 Å². The van der Waals surface area contributed by atoms with Gasteiger partial charge < -0.3 is 19.9 Å². The number of nitrogens with two attached hydrogens (primary N) is 1. The summed E-state index contributed by atoms with van der Waals surface area (Å²) in [7, 11) is -3.59. The highest BCUT2D eigenvalue weighted by Crippen LogP contribution is 2.44. The van der Waals surface area contributed by atoms with Crippen LogP contribution in [0.5, 0.6) is 0 Å². The van der Waals surface area contributed by atoms with E-state index in [9.17, 15) is 9.36 Å². The van der Waals surface area contributed by atoms with E-state index in [-0.39, 0.29) is 25.3 Å². The number of aromatic nitrogens is 2. The molecule has 94 valence electrons. The lowest BCUT2D eigenvalue weighted by Crippen LogP contribution is -2.34. The highest BCUT2D eigenvalue weighted by molar-refractivity contribution is 7.52. The highest BCUT2D eigenvalue weighted by atomic mass is 31.2. The fourth-order valence-electron chi connectivity index (χ4n) is 1.39. The first-order valence-electron chi connectivity index (χ1n) is 4.87. The molecular weight excluding hydrogens is 249 g/mol. The second-order valence-electron chi connectivity index (χ2n) is 3.64. The van der Waals surface area contributed by atoms with Gasteiger partial charge in [0.1, 0.15) is 18.3 Å². The number of ether oxygens (including phenoxy) is 1. The molecule has 1 aromatic rings. The smallest absolute Gasteiger partial charge is 0.353 e. The van der Waals surface area contributed by atoms with Gasteiger partial charge in [-0.3, -0.25) is 9.13 Å². The van der Waals surface area contributed by atoms with Gasteiger partial charge in [0, 0.05) is 6.20 Å². The molecule has 0 amide bonds. The third kappa shape index (κ3) is 3.13. The molecule has 0 spiro atoms. The van der Waals surface area contributed by atoms with E-state index in [0.29, 0.717) is 0 Å². The molecule has 0 radical (unpaired) electrons. The Balaban J connectivity index is 2.03. The van der Waals surface area contributed by atoms with Crippen LogP contribution in [0.15, 0.2) is 17.1 Å². The minimum Gasteiger partial charge on any atom is -0.383 e. The molecule has 17 heavy (non-hydrogen) atoms. The van der Waals surface area contributed by atoms with E-state index >= 15 is 0 Å². The summed E-state index contributed by atoms with van der Waals surface area (Å²) in [6.45, 7) is 0.163. The Kier molecular flexibility index (Phi) is 3.30. The third-order valence-electron chi connectivity index (χ3n) is 2.23. The largest absolute Gasteiger partial charge is 0.383 e. The number of rotatable bonds is 2. The van der Waals surface area contributed by atoms with Gasteiger partial charge in [0.2, 0.25) is 0 Å². The maximum absolute atomic E-state index is 11.4. The summed E-state index contributed by atoms with van der Waals surface area (Å²) in [5, 5.41) is 0. The Hall–Kier alpha value is -1.21. The zero-order valence-corrected chi connectivity index (χ0v) is 9.75. The van der Waals surface area contributed by atoms with Crippen molar-refractivity contribution in [1.82, 2.24) is 9.55 Å². The fourth-order valence-corrected chi connectivity index (χ4v) is 2.26. The van der Waals surface area contributed by atoms with Crippen LogP contribution in [0.3, 0.4) is 0 Å². The van der Waals surface area contributed by atoms with Gasteiger partial charge in [0.25, 0.3) is 0 Å². The van der Waals surface area contributed by atoms with Gasteiger partial charge in [-0.1, -0.05) is 0 Å². The first-order valence-corrected chi connectivity index (χ1v) is 6.63. The molecule has 1 fully saturated rings. The summed E-state index contributed by atoms with van der Waals surface area (Å²) < 4.78 is 22.2. The van der Waals surface area contributed by atoms with Crippen LogP contribution >= 0.6 is 7.60 Å². The summed E-state index contributed by atoms with van der Waals surface area (Å²) in [6.07, 6.45) is 0.669. The van der Waals surface area contributed by atoms with Gasteiger partial charge in [0.05, 0.1) is 13.2 Å². The zero-order valence-electron chi connectivity index (χ0n) is 8.85. The van der Waals surface area contributed by atoms with Crippen LogP contribution in [0.25, 0.3) is 0 Å². The molecule has 1 saturated heterocycles. The molecule has 1 aliphatic heterocycles. The van der Waals surface area contributed by atoms with Crippen molar-refractivity contribution in [3.8, 4) is 0 Å². The molecule has 2 atom stereocenters. The standard InChI is InChI=1S/C8H12N3O5P/c9-7-1-2-11(8(12)10-7)3-6-4-16-17(13,14)5-15-6/h1-2,6H,3-5H2,(H,13,14)(H2,9,10,12)/t6-/m0/s1. The van der Waals surface area contributed by atoms with Crippen molar-refractivity contribution in [1.29, 1.82) is 0 Å². The van der Waals surface area contributed by atoms with Crippen molar-refractivity contribution >= 4 is 13.4 Å². The van der Waals surface area contributed by atoms with E-state index in [2.05, 4.69) is 4.98 Å². The van der Waals surface area contributed by atoms with Crippen molar-refractivity contribution < 1.29 is 18.7 Å². The molecule has 9 heteroatoms. The minimum absolute atomic E-state index is 0.0371. The molecule has 1 aliphatic rings. The Morgan fingerprint density at radius 3 is 3.06 bits per heavy atom. The zero-order chi connectivity index (χ0) is 12.5. The van der Waals surface area contributed by atoms with Crippen LogP contribution in [0.2, 0.25) is 0 Å². The quantitative estimate of drug-likeness (QED) is 0.681. The monoisotopic (exact) mass is 261 g/mol. The molecule has 2 heterocycles. The molecule has 3 N–H and O–H groups in total. The normalized spacial score (nSPS) is 29.1. The first kappa shape index (κ1) is 12.3. The lowest BCUT2D eigenvalue weighted by molar-refractivity contribution is -0.00859. The maximum atomic E-state index is 11.4. The van der Waals surface area contributed by atoms with Crippen LogP contribution < -0.4 is 11.4 Å². The SMILES string of the molecule is Nc1ccn(C[C@H]2COP(=O)(O)CO2)c(=O)n1. The summed E-state index contributed by atoms with van der Waals surface area (Å²) >= 11 is 0. The number of anilines is 1. The van der Waals surface area contributed by atoms with Gasteiger partial charge >= 0.3 is 13.3 Å². The van der Waals surface area contributed by atoms with Crippen LogP contribution in [0.1, 0.15) is 0 Å². The highest BCUT2D eigenvalue weighted by Gasteiger charge is 2.29. The van der Waals surface area contributed by atoms with Crippen molar-refractivity contribution in [3.63, 3.8) is 0 Å². The predicted molar refractivity (Wildman–Crippen MR) is 58.4 cm³/mol. The van der Waals surface area contributed by atoms with E-state index in [4.69, 9.17) is 19.9 Å². The van der Waals surface area contributed by atoms with Gasteiger partial charge in [-0.05, 0) is 6.07 Å². The number of nitrogen functional groups attached to an aromatic ring is 1. The maximum Gasteiger partial charge on any atom is 0.353 e. The summed E-state index contributed by atoms with van der Waals surface area (Å²) in [6, 6.07) is 1.49. The Morgan fingerprint density at radius 2 is 2.47 bits per heavy atom. The van der Waals surface area contributed by atoms with E-state index in [1.807, 2.05) is 0 Å². The lowest BCUT2D eigenvalue weighted by Gasteiger charge is -2.26. The Bertz CT molecular complexity index is 504. The summed E-state index contributed by atoms with van der Waals surface area (Å²) in [4.78, 5) is 24.0. The topological polar surface area (TPSA) is 117 Å². The van der Waals surface area contributed by atoms with Crippen molar-refractivity contribution in [2.45, 2.75) is 12.6 Å². The molecule has 0 aromatic carbocycles. The van der Waals surface area contributed by atoms with Crippen molar-refractivity contribution in [2.75, 3.05) is 18.7 Å². The van der Waals surface area contributed by atoms with Crippen molar-refractivity contribution in [2.24, 2.45) is 0 Å². The molecule has 0 bridgehead atoms. The molecular formula is C8H12N3O5P. The van der Waals surface area contributed by atoms with Gasteiger partial charge in [-0.2, -0.15) is 4.98 Å². The van der Waals surface area contributed by atoms with E-state index in [1.54, 1.807) is 0 Å². The number of nitrogens with zero attached hydrogens (tertiary/aromatic N) is 2. The molecule has 1 aromatic heterocycles. The molecule has 8 nitrogen and oxygen atoms in total. The average molecular weight is 261 g/mol. The van der Waals surface area contributed by atoms with Crippen LogP contribution in [-0.4, -0.2) is 33.5 Å². The molecule has 1 unspecified atom stereocenters. The summed E-state index contributed by atoms with van der Waals surface area (Å²) in [5.41, 5.74) is 4.85. The number of hydrogen-bond acceptors (Lipinski definition) is 6.